The van der Waals surface area contributed by atoms with E-state index in [1.165, 1.54) is 11.6 Å². The molecule has 4 heterocycles. The number of halogens is 1. The first kappa shape index (κ1) is 25.3. The molecule has 0 aliphatic carbocycles. The Bertz CT molecular complexity index is 1620. The summed E-state index contributed by atoms with van der Waals surface area (Å²) in [6.45, 7) is 6.85. The highest BCUT2D eigenvalue weighted by atomic mass is 19.1. The second-order valence-electron chi connectivity index (χ2n) is 9.69. The zero-order chi connectivity index (χ0) is 26.6. The smallest absolute Gasteiger partial charge is 0.131 e. The third-order valence-corrected chi connectivity index (χ3v) is 6.62. The minimum atomic E-state index is -0.277. The van der Waals surface area contributed by atoms with Gasteiger partial charge >= 0.3 is 0 Å². The Hall–Kier alpha value is -4.36. The van der Waals surface area contributed by atoms with Crippen molar-refractivity contribution in [2.75, 3.05) is 20.6 Å². The molecular formula is C31H31FN6. The van der Waals surface area contributed by atoms with E-state index in [9.17, 15) is 4.39 Å². The van der Waals surface area contributed by atoms with Gasteiger partial charge in [0.05, 0.1) is 23.1 Å². The standard InChI is InChI=1S/C31H31FN6/c1-5-9-23(24-11-6-7-12-27(24)32)25-15-29(35-20(25)2)31-26-16-28(34-19-30(26)36-37-31)22-14-21(17-33-18-22)10-8-13-38(3)4/h5-7,9,11-12,14-19,35H,1,8,10,13H2,2-4H3,(H,36,37)/b23-9-. The number of H-pyrrole nitrogens is 2. The molecule has 2 N–H and O–H groups in total. The van der Waals surface area contributed by atoms with Gasteiger partial charge in [0.2, 0.25) is 0 Å². The fraction of sp³-hybridized carbons (Fsp3) is 0.194. The molecule has 4 aromatic heterocycles. The lowest BCUT2D eigenvalue weighted by Gasteiger charge is -2.09. The van der Waals surface area contributed by atoms with Crippen LogP contribution in [0.15, 0.2) is 79.8 Å². The van der Waals surface area contributed by atoms with E-state index in [1.54, 1.807) is 24.4 Å². The molecule has 192 valence electrons. The first-order chi connectivity index (χ1) is 18.4. The molecule has 0 saturated carbocycles. The van der Waals surface area contributed by atoms with Crippen molar-refractivity contribution < 1.29 is 4.39 Å². The molecule has 0 bridgehead atoms. The Morgan fingerprint density at radius 2 is 1.92 bits per heavy atom. The van der Waals surface area contributed by atoms with Crippen molar-refractivity contribution in [2.45, 2.75) is 19.8 Å². The van der Waals surface area contributed by atoms with E-state index < -0.39 is 0 Å². The predicted molar refractivity (Wildman–Crippen MR) is 152 cm³/mol. The first-order valence-electron chi connectivity index (χ1n) is 12.7. The van der Waals surface area contributed by atoms with Crippen LogP contribution < -0.4 is 0 Å². The molecule has 0 amide bonds. The summed E-state index contributed by atoms with van der Waals surface area (Å²) in [5, 5.41) is 8.64. The number of fused-ring (bicyclic) bond motifs is 1. The van der Waals surface area contributed by atoms with E-state index in [0.29, 0.717) is 5.56 Å². The van der Waals surface area contributed by atoms with Crippen LogP contribution in [0.3, 0.4) is 0 Å². The maximum absolute atomic E-state index is 14.7. The largest absolute Gasteiger partial charge is 0.357 e. The van der Waals surface area contributed by atoms with Gasteiger partial charge in [-0.15, -0.1) is 0 Å². The molecule has 0 atom stereocenters. The molecular weight excluding hydrogens is 475 g/mol. The van der Waals surface area contributed by atoms with Gasteiger partial charge in [-0.25, -0.2) is 4.39 Å². The highest BCUT2D eigenvalue weighted by molar-refractivity contribution is 5.95. The number of benzene rings is 1. The van der Waals surface area contributed by atoms with Crippen LogP contribution >= 0.6 is 0 Å². The minimum Gasteiger partial charge on any atom is -0.357 e. The summed E-state index contributed by atoms with van der Waals surface area (Å²) in [7, 11) is 4.17. The number of hydrogen-bond donors (Lipinski definition) is 2. The fourth-order valence-electron chi connectivity index (χ4n) is 4.73. The van der Waals surface area contributed by atoms with Crippen LogP contribution in [0.5, 0.6) is 0 Å². The second kappa shape index (κ2) is 10.9. The Kier molecular flexibility index (Phi) is 7.29. The monoisotopic (exact) mass is 506 g/mol. The zero-order valence-corrected chi connectivity index (χ0v) is 21.9. The number of allylic oxidation sites excluding steroid dienone is 2. The number of nitrogens with one attached hydrogen (secondary N) is 2. The average molecular weight is 507 g/mol. The van der Waals surface area contributed by atoms with E-state index in [4.69, 9.17) is 0 Å². The average Bonchev–Trinajstić information content (AvgIpc) is 3.50. The number of aryl methyl sites for hydroxylation is 2. The molecule has 0 unspecified atom stereocenters. The lowest BCUT2D eigenvalue weighted by Crippen LogP contribution is -2.13. The van der Waals surface area contributed by atoms with Gasteiger partial charge in [-0.2, -0.15) is 5.10 Å². The van der Waals surface area contributed by atoms with E-state index in [-0.39, 0.29) is 5.82 Å². The van der Waals surface area contributed by atoms with E-state index in [0.717, 1.165) is 69.8 Å². The number of nitrogens with zero attached hydrogens (tertiary/aromatic N) is 4. The van der Waals surface area contributed by atoms with Crippen LogP contribution in [-0.4, -0.2) is 50.7 Å². The van der Waals surface area contributed by atoms with Crippen molar-refractivity contribution in [1.82, 2.24) is 30.0 Å². The maximum Gasteiger partial charge on any atom is 0.131 e. The van der Waals surface area contributed by atoms with Gasteiger partial charge in [0, 0.05) is 40.2 Å². The Morgan fingerprint density at radius 3 is 2.71 bits per heavy atom. The predicted octanol–water partition coefficient (Wildman–Crippen LogP) is 6.57. The van der Waals surface area contributed by atoms with Gasteiger partial charge in [0.15, 0.2) is 0 Å². The number of rotatable bonds is 9. The van der Waals surface area contributed by atoms with Crippen LogP contribution in [0.4, 0.5) is 4.39 Å². The molecule has 5 rings (SSSR count). The quantitative estimate of drug-likeness (QED) is 0.222. The second-order valence-corrected chi connectivity index (χ2v) is 9.69. The maximum atomic E-state index is 14.7. The Labute approximate surface area is 222 Å². The van der Waals surface area contributed by atoms with Crippen molar-refractivity contribution in [3.8, 4) is 22.6 Å². The molecule has 0 aliphatic heterocycles. The summed E-state index contributed by atoms with van der Waals surface area (Å²) >= 11 is 0. The molecule has 6 nitrogen and oxygen atoms in total. The van der Waals surface area contributed by atoms with Crippen molar-refractivity contribution in [3.63, 3.8) is 0 Å². The third kappa shape index (κ3) is 5.19. The summed E-state index contributed by atoms with van der Waals surface area (Å²) in [5.41, 5.74) is 8.55. The van der Waals surface area contributed by atoms with E-state index in [1.807, 2.05) is 43.6 Å². The van der Waals surface area contributed by atoms with Crippen molar-refractivity contribution in [2.24, 2.45) is 0 Å². The molecule has 5 aromatic rings. The van der Waals surface area contributed by atoms with E-state index in [2.05, 4.69) is 56.8 Å². The molecule has 0 radical (unpaired) electrons. The number of pyridine rings is 2. The molecule has 0 spiro atoms. The topological polar surface area (TPSA) is 73.5 Å². The minimum absolute atomic E-state index is 0.277. The summed E-state index contributed by atoms with van der Waals surface area (Å²) in [5.74, 6) is -0.277. The summed E-state index contributed by atoms with van der Waals surface area (Å²) in [4.78, 5) is 14.8. The molecule has 0 fully saturated rings. The molecule has 7 heteroatoms. The normalized spacial score (nSPS) is 12.0. The lowest BCUT2D eigenvalue weighted by atomic mass is 9.97. The number of aromatic nitrogens is 5. The van der Waals surface area contributed by atoms with Gasteiger partial charge in [0.25, 0.3) is 0 Å². The zero-order valence-electron chi connectivity index (χ0n) is 21.9. The van der Waals surface area contributed by atoms with Crippen LogP contribution in [0.1, 0.15) is 28.8 Å². The highest BCUT2D eigenvalue weighted by Gasteiger charge is 2.18. The molecule has 0 aliphatic rings. The SMILES string of the molecule is C=C/C=C(/c1ccccc1F)c1cc(-c2n[nH]c3cnc(-c4cncc(CCCN(C)C)c4)cc23)[nH]c1C. The van der Waals surface area contributed by atoms with Crippen LogP contribution in [0, 0.1) is 12.7 Å². The summed E-state index contributed by atoms with van der Waals surface area (Å²) in [6, 6.07) is 13.0. The highest BCUT2D eigenvalue weighted by Crippen LogP contribution is 2.34. The first-order valence-corrected chi connectivity index (χ1v) is 12.7. The van der Waals surface area contributed by atoms with Crippen molar-refractivity contribution >= 4 is 16.5 Å². The van der Waals surface area contributed by atoms with Crippen LogP contribution in [0.25, 0.3) is 39.1 Å². The van der Waals surface area contributed by atoms with Gasteiger partial charge in [-0.1, -0.05) is 36.9 Å². The number of aromatic amines is 2. The van der Waals surface area contributed by atoms with Gasteiger partial charge in [-0.05, 0) is 75.8 Å². The molecule has 1 aromatic carbocycles. The summed E-state index contributed by atoms with van der Waals surface area (Å²) < 4.78 is 14.7. The fourth-order valence-corrected chi connectivity index (χ4v) is 4.73. The van der Waals surface area contributed by atoms with Crippen LogP contribution in [0.2, 0.25) is 0 Å². The summed E-state index contributed by atoms with van der Waals surface area (Å²) in [6.07, 6.45) is 11.1. The molecule has 0 saturated heterocycles. The van der Waals surface area contributed by atoms with Gasteiger partial charge < -0.3 is 9.88 Å². The van der Waals surface area contributed by atoms with Gasteiger partial charge in [0.1, 0.15) is 11.5 Å². The van der Waals surface area contributed by atoms with Crippen molar-refractivity contribution in [3.05, 3.63) is 108 Å². The van der Waals surface area contributed by atoms with E-state index >= 15 is 0 Å². The Morgan fingerprint density at radius 1 is 1.08 bits per heavy atom. The van der Waals surface area contributed by atoms with Crippen molar-refractivity contribution in [1.29, 1.82) is 0 Å². The Balaban J connectivity index is 1.51. The number of hydrogen-bond acceptors (Lipinski definition) is 4. The lowest BCUT2D eigenvalue weighted by molar-refractivity contribution is 0.400. The van der Waals surface area contributed by atoms with Gasteiger partial charge in [-0.3, -0.25) is 15.1 Å². The third-order valence-electron chi connectivity index (χ3n) is 6.62. The molecule has 38 heavy (non-hydrogen) atoms. The van der Waals surface area contributed by atoms with Crippen LogP contribution in [-0.2, 0) is 6.42 Å².